The molecule has 0 aromatic heterocycles. The van der Waals surface area contributed by atoms with Crippen LogP contribution in [-0.2, 0) is 9.53 Å². The number of aliphatic hydroxyl groups excluding tert-OH is 1. The molecule has 0 radical (unpaired) electrons. The van der Waals surface area contributed by atoms with Crippen molar-refractivity contribution in [3.63, 3.8) is 0 Å². The van der Waals surface area contributed by atoms with E-state index in [9.17, 15) is 9.59 Å². The Hall–Kier alpha value is -4.30. The van der Waals surface area contributed by atoms with Crippen LogP contribution in [0.3, 0.4) is 0 Å². The number of carbonyl (C=O) groups excluding carboxylic acids is 2. The number of aryl methyl sites for hydroxylation is 1. The van der Waals surface area contributed by atoms with E-state index >= 15 is 0 Å². The van der Waals surface area contributed by atoms with E-state index in [0.29, 0.717) is 28.4 Å². The van der Waals surface area contributed by atoms with Crippen molar-refractivity contribution in [2.45, 2.75) is 19.4 Å². The molecule has 0 unspecified atom stereocenters. The molecule has 0 fully saturated rings. The van der Waals surface area contributed by atoms with Crippen molar-refractivity contribution in [3.05, 3.63) is 96.1 Å². The lowest BCUT2D eigenvalue weighted by atomic mass is 10.0. The van der Waals surface area contributed by atoms with Crippen molar-refractivity contribution in [3.8, 4) is 5.75 Å². The summed E-state index contributed by atoms with van der Waals surface area (Å²) < 4.78 is 11.3. The van der Waals surface area contributed by atoms with Gasteiger partial charge >= 0.3 is 6.09 Å². The van der Waals surface area contributed by atoms with E-state index in [2.05, 4.69) is 10.6 Å². The van der Waals surface area contributed by atoms with Gasteiger partial charge in [0.05, 0.1) is 18.0 Å². The Kier molecular flexibility index (Phi) is 9.27. The van der Waals surface area contributed by atoms with Gasteiger partial charge in [0.15, 0.2) is 0 Å². The normalized spacial score (nSPS) is 11.6. The molecular formula is C27H29N3O5. The molecule has 0 bridgehead atoms. The maximum atomic E-state index is 12.7. The van der Waals surface area contributed by atoms with E-state index in [0.717, 1.165) is 5.56 Å². The molecule has 3 rings (SSSR count). The lowest BCUT2D eigenvalue weighted by Crippen LogP contribution is -2.18. The van der Waals surface area contributed by atoms with E-state index in [1.54, 1.807) is 66.7 Å². The number of para-hydroxylation sites is 3. The summed E-state index contributed by atoms with van der Waals surface area (Å²) >= 11 is 0. The van der Waals surface area contributed by atoms with Crippen molar-refractivity contribution >= 4 is 29.1 Å². The number of nitrogen functional groups attached to an aromatic ring is 1. The zero-order valence-corrected chi connectivity index (χ0v) is 19.4. The van der Waals surface area contributed by atoms with Gasteiger partial charge in [-0.1, -0.05) is 54.1 Å². The molecule has 0 heterocycles. The van der Waals surface area contributed by atoms with Crippen molar-refractivity contribution in [1.82, 2.24) is 0 Å². The lowest BCUT2D eigenvalue weighted by molar-refractivity contribution is -0.111. The second-order valence-corrected chi connectivity index (χ2v) is 7.71. The molecule has 8 heteroatoms. The van der Waals surface area contributed by atoms with Crippen molar-refractivity contribution in [2.24, 2.45) is 0 Å². The van der Waals surface area contributed by atoms with Crippen LogP contribution in [-0.4, -0.2) is 30.3 Å². The Morgan fingerprint density at radius 3 is 2.46 bits per heavy atom. The molecule has 0 spiro atoms. The van der Waals surface area contributed by atoms with Gasteiger partial charge in [-0.05, 0) is 43.3 Å². The van der Waals surface area contributed by atoms with E-state index in [1.807, 2.05) is 19.1 Å². The van der Waals surface area contributed by atoms with Crippen LogP contribution >= 0.6 is 0 Å². The highest BCUT2D eigenvalue weighted by molar-refractivity contribution is 6.01. The molecule has 8 nitrogen and oxygen atoms in total. The predicted molar refractivity (Wildman–Crippen MR) is 136 cm³/mol. The Morgan fingerprint density at radius 1 is 1.00 bits per heavy atom. The first-order chi connectivity index (χ1) is 17.0. The molecule has 0 aliphatic carbocycles. The number of benzene rings is 3. The van der Waals surface area contributed by atoms with Gasteiger partial charge in [-0.15, -0.1) is 0 Å². The quantitative estimate of drug-likeness (QED) is 0.246. The molecule has 3 aromatic carbocycles. The number of amides is 2. The molecule has 0 saturated carbocycles. The van der Waals surface area contributed by atoms with Crippen LogP contribution in [0.1, 0.15) is 23.7 Å². The molecule has 1 atom stereocenters. The van der Waals surface area contributed by atoms with Crippen molar-refractivity contribution in [1.29, 1.82) is 0 Å². The Balaban J connectivity index is 1.74. The molecule has 35 heavy (non-hydrogen) atoms. The summed E-state index contributed by atoms with van der Waals surface area (Å²) in [7, 11) is 0. The summed E-state index contributed by atoms with van der Waals surface area (Å²) in [6.45, 7) is 1.89. The highest BCUT2D eigenvalue weighted by atomic mass is 16.6. The minimum atomic E-state index is -0.749. The average Bonchev–Trinajstić information content (AvgIpc) is 2.85. The van der Waals surface area contributed by atoms with Gasteiger partial charge in [-0.2, -0.15) is 0 Å². The van der Waals surface area contributed by atoms with Crippen LogP contribution in [0.4, 0.5) is 21.9 Å². The average molecular weight is 476 g/mol. The van der Waals surface area contributed by atoms with Crippen LogP contribution in [0.15, 0.2) is 84.9 Å². The van der Waals surface area contributed by atoms with Gasteiger partial charge in [0.1, 0.15) is 18.5 Å². The van der Waals surface area contributed by atoms with Crippen molar-refractivity contribution in [2.75, 3.05) is 29.6 Å². The Morgan fingerprint density at radius 2 is 1.71 bits per heavy atom. The molecule has 182 valence electrons. The van der Waals surface area contributed by atoms with Crippen LogP contribution in [0.25, 0.3) is 0 Å². The maximum Gasteiger partial charge on any atom is 0.412 e. The van der Waals surface area contributed by atoms with Crippen LogP contribution in [0.2, 0.25) is 0 Å². The highest BCUT2D eigenvalue weighted by Crippen LogP contribution is 2.31. The van der Waals surface area contributed by atoms with E-state index in [-0.39, 0.29) is 25.5 Å². The van der Waals surface area contributed by atoms with Gasteiger partial charge in [0, 0.05) is 17.7 Å². The maximum absolute atomic E-state index is 12.7. The topological polar surface area (TPSA) is 123 Å². The summed E-state index contributed by atoms with van der Waals surface area (Å²) in [6, 6.07) is 21.4. The van der Waals surface area contributed by atoms with Gasteiger partial charge < -0.3 is 25.6 Å². The van der Waals surface area contributed by atoms with E-state index in [1.165, 1.54) is 6.08 Å². The first-order valence-corrected chi connectivity index (χ1v) is 11.1. The number of rotatable bonds is 10. The van der Waals surface area contributed by atoms with Crippen molar-refractivity contribution < 1.29 is 24.2 Å². The lowest BCUT2D eigenvalue weighted by Gasteiger charge is -2.20. The molecule has 0 aliphatic heterocycles. The number of nitrogens with one attached hydrogen (secondary N) is 2. The minimum Gasteiger partial charge on any atom is -0.491 e. The summed E-state index contributed by atoms with van der Waals surface area (Å²) in [5.41, 5.74) is 9.11. The van der Waals surface area contributed by atoms with Crippen LogP contribution in [0, 0.1) is 6.92 Å². The summed E-state index contributed by atoms with van der Waals surface area (Å²) in [6.07, 6.45) is 1.78. The zero-order chi connectivity index (χ0) is 25.0. The Labute approximate surface area is 204 Å². The molecule has 2 amide bonds. The van der Waals surface area contributed by atoms with E-state index in [4.69, 9.17) is 20.3 Å². The number of ether oxygens (including phenoxy) is 2. The summed E-state index contributed by atoms with van der Waals surface area (Å²) in [5, 5.41) is 14.6. The standard InChI is InChI=1S/C27H29N3O5/c1-19-13-15-20(16-14-19)29-27(33)35-25(21-7-2-5-10-24(21)34-18-17-31)11-6-12-26(32)30-23-9-4-3-8-22(23)28/h2-10,12-16,25,31H,11,17-18,28H2,1H3,(H,29,33)(H,30,32)/b12-6+/t25-/m1/s1. The zero-order valence-electron chi connectivity index (χ0n) is 19.4. The molecule has 0 saturated heterocycles. The van der Waals surface area contributed by atoms with Gasteiger partial charge in [-0.25, -0.2) is 4.79 Å². The summed E-state index contributed by atoms with van der Waals surface area (Å²) in [4.78, 5) is 25.0. The first kappa shape index (κ1) is 25.3. The van der Waals surface area contributed by atoms with Gasteiger partial charge in [-0.3, -0.25) is 10.1 Å². The third-order valence-electron chi connectivity index (χ3n) is 5.00. The minimum absolute atomic E-state index is 0.0933. The predicted octanol–water partition coefficient (Wildman–Crippen LogP) is 4.82. The van der Waals surface area contributed by atoms with Gasteiger partial charge in [0.2, 0.25) is 5.91 Å². The smallest absolute Gasteiger partial charge is 0.412 e. The third kappa shape index (κ3) is 7.90. The largest absolute Gasteiger partial charge is 0.491 e. The second-order valence-electron chi connectivity index (χ2n) is 7.71. The number of carbonyl (C=O) groups is 2. The van der Waals surface area contributed by atoms with Crippen LogP contribution in [0.5, 0.6) is 5.75 Å². The third-order valence-corrected chi connectivity index (χ3v) is 5.00. The molecule has 3 aromatic rings. The summed E-state index contributed by atoms with van der Waals surface area (Å²) in [5.74, 6) is 0.111. The molecule has 5 N–H and O–H groups in total. The number of nitrogens with two attached hydrogens (primary N) is 1. The van der Waals surface area contributed by atoms with Crippen LogP contribution < -0.4 is 21.1 Å². The number of hydrogen-bond acceptors (Lipinski definition) is 6. The fourth-order valence-electron chi connectivity index (χ4n) is 3.27. The number of anilines is 3. The highest BCUT2D eigenvalue weighted by Gasteiger charge is 2.20. The molecule has 0 aliphatic rings. The number of hydrogen-bond donors (Lipinski definition) is 4. The van der Waals surface area contributed by atoms with Gasteiger partial charge in [0.25, 0.3) is 0 Å². The molecular weight excluding hydrogens is 446 g/mol. The fourth-order valence-corrected chi connectivity index (χ4v) is 3.27. The fraction of sp³-hybridized carbons (Fsp3) is 0.185. The second kappa shape index (κ2) is 12.8. The SMILES string of the molecule is Cc1ccc(NC(=O)O[C@H](C/C=C/C(=O)Nc2ccccc2N)c2ccccc2OCCO)cc1. The van der Waals surface area contributed by atoms with E-state index < -0.39 is 12.2 Å². The monoisotopic (exact) mass is 475 g/mol. The first-order valence-electron chi connectivity index (χ1n) is 11.1. The Bertz CT molecular complexity index is 1160. The number of aliphatic hydroxyl groups is 1.